The van der Waals surface area contributed by atoms with Crippen molar-refractivity contribution >= 4 is 5.96 Å². The molecule has 4 heteroatoms. The molecule has 22 heavy (non-hydrogen) atoms. The van der Waals surface area contributed by atoms with Gasteiger partial charge in [0.05, 0.1) is 7.11 Å². The Hall–Kier alpha value is -1.71. The first kappa shape index (κ1) is 18.3. The van der Waals surface area contributed by atoms with Crippen LogP contribution in [0.4, 0.5) is 0 Å². The van der Waals surface area contributed by atoms with Gasteiger partial charge in [-0.05, 0) is 36.5 Å². The van der Waals surface area contributed by atoms with E-state index in [4.69, 9.17) is 4.74 Å². The summed E-state index contributed by atoms with van der Waals surface area (Å²) in [6.07, 6.45) is 3.47. The van der Waals surface area contributed by atoms with Gasteiger partial charge in [0, 0.05) is 27.2 Å². The van der Waals surface area contributed by atoms with Crippen LogP contribution < -0.4 is 10.1 Å². The molecule has 0 spiro atoms. The average Bonchev–Trinajstić information content (AvgIpc) is 2.56. The fourth-order valence-corrected chi connectivity index (χ4v) is 2.39. The van der Waals surface area contributed by atoms with Crippen molar-refractivity contribution in [1.82, 2.24) is 10.2 Å². The highest BCUT2D eigenvalue weighted by Gasteiger charge is 2.08. The Morgan fingerprint density at radius 1 is 1.32 bits per heavy atom. The Kier molecular flexibility index (Phi) is 8.41. The van der Waals surface area contributed by atoms with Crippen LogP contribution in [0.25, 0.3) is 0 Å². The number of ether oxygens (including phenoxy) is 1. The lowest BCUT2D eigenvalue weighted by atomic mass is 9.98. The summed E-state index contributed by atoms with van der Waals surface area (Å²) in [7, 11) is 5.64. The van der Waals surface area contributed by atoms with Crippen LogP contribution in [0.1, 0.15) is 44.6 Å². The fraction of sp³-hybridized carbons (Fsp3) is 0.611. The summed E-state index contributed by atoms with van der Waals surface area (Å²) in [5.41, 5.74) is 1.34. The van der Waals surface area contributed by atoms with E-state index in [1.165, 1.54) is 18.4 Å². The summed E-state index contributed by atoms with van der Waals surface area (Å²) < 4.78 is 5.20. The third-order valence-electron chi connectivity index (χ3n) is 3.97. The highest BCUT2D eigenvalue weighted by Crippen LogP contribution is 2.21. The van der Waals surface area contributed by atoms with E-state index < -0.39 is 0 Å². The number of nitrogens with zero attached hydrogens (tertiary/aromatic N) is 2. The number of nitrogens with one attached hydrogen (secondary N) is 1. The predicted octanol–water partition coefficient (Wildman–Crippen LogP) is 3.50. The molecule has 124 valence electrons. The fourth-order valence-electron chi connectivity index (χ4n) is 2.39. The van der Waals surface area contributed by atoms with E-state index in [2.05, 4.69) is 48.2 Å². The highest BCUT2D eigenvalue weighted by molar-refractivity contribution is 5.79. The second-order valence-electron chi connectivity index (χ2n) is 5.71. The van der Waals surface area contributed by atoms with Crippen molar-refractivity contribution in [2.75, 3.05) is 34.3 Å². The molecule has 0 aliphatic heterocycles. The summed E-state index contributed by atoms with van der Waals surface area (Å²) in [4.78, 5) is 6.54. The zero-order valence-electron chi connectivity index (χ0n) is 14.7. The molecular formula is C18H31N3O. The summed E-state index contributed by atoms with van der Waals surface area (Å²) >= 11 is 0. The standard InChI is InChI=1S/C18H31N3O/c1-6-7-14-21(4)18(19-3)20-13-12-15(2)16-8-10-17(22-5)11-9-16/h8-11,15H,6-7,12-14H2,1-5H3,(H,19,20). The van der Waals surface area contributed by atoms with E-state index in [1.54, 1.807) is 7.11 Å². The molecule has 0 radical (unpaired) electrons. The molecule has 1 N–H and O–H groups in total. The van der Waals surface area contributed by atoms with Crippen molar-refractivity contribution in [3.05, 3.63) is 29.8 Å². The maximum atomic E-state index is 5.20. The first-order chi connectivity index (χ1) is 10.6. The first-order valence-electron chi connectivity index (χ1n) is 8.18. The van der Waals surface area contributed by atoms with E-state index in [-0.39, 0.29) is 0 Å². The zero-order chi connectivity index (χ0) is 16.4. The largest absolute Gasteiger partial charge is 0.497 e. The maximum absolute atomic E-state index is 5.20. The first-order valence-corrected chi connectivity index (χ1v) is 8.18. The number of benzene rings is 1. The van der Waals surface area contributed by atoms with Gasteiger partial charge in [0.2, 0.25) is 0 Å². The third kappa shape index (κ3) is 5.96. The molecule has 0 aliphatic rings. The highest BCUT2D eigenvalue weighted by atomic mass is 16.5. The average molecular weight is 305 g/mol. The minimum atomic E-state index is 0.512. The molecule has 1 aromatic carbocycles. The van der Waals surface area contributed by atoms with Crippen molar-refractivity contribution in [3.8, 4) is 5.75 Å². The van der Waals surface area contributed by atoms with E-state index in [9.17, 15) is 0 Å². The van der Waals surface area contributed by atoms with Crippen molar-refractivity contribution in [2.24, 2.45) is 4.99 Å². The number of unbranched alkanes of at least 4 members (excludes halogenated alkanes) is 1. The van der Waals surface area contributed by atoms with Crippen LogP contribution in [-0.2, 0) is 0 Å². The van der Waals surface area contributed by atoms with Gasteiger partial charge in [-0.15, -0.1) is 0 Å². The van der Waals surface area contributed by atoms with Crippen LogP contribution in [0.15, 0.2) is 29.3 Å². The normalized spacial score (nSPS) is 12.9. The molecule has 0 heterocycles. The van der Waals surface area contributed by atoms with Crippen LogP contribution in [0.5, 0.6) is 5.75 Å². The van der Waals surface area contributed by atoms with Gasteiger partial charge in [-0.3, -0.25) is 4.99 Å². The third-order valence-corrected chi connectivity index (χ3v) is 3.97. The number of guanidine groups is 1. The van der Waals surface area contributed by atoms with E-state index >= 15 is 0 Å². The maximum Gasteiger partial charge on any atom is 0.193 e. The van der Waals surface area contributed by atoms with Crippen molar-refractivity contribution in [3.63, 3.8) is 0 Å². The van der Waals surface area contributed by atoms with Gasteiger partial charge in [-0.25, -0.2) is 0 Å². The van der Waals surface area contributed by atoms with Crippen LogP contribution in [-0.4, -0.2) is 45.2 Å². The molecule has 0 fully saturated rings. The molecule has 0 bridgehead atoms. The van der Waals surface area contributed by atoms with Crippen LogP contribution in [0.3, 0.4) is 0 Å². The Morgan fingerprint density at radius 2 is 2.00 bits per heavy atom. The Morgan fingerprint density at radius 3 is 2.55 bits per heavy atom. The van der Waals surface area contributed by atoms with Crippen molar-refractivity contribution in [2.45, 2.75) is 39.0 Å². The minimum absolute atomic E-state index is 0.512. The summed E-state index contributed by atoms with van der Waals surface area (Å²) in [5.74, 6) is 2.40. The van der Waals surface area contributed by atoms with Crippen molar-refractivity contribution in [1.29, 1.82) is 0 Å². The van der Waals surface area contributed by atoms with Crippen LogP contribution in [0.2, 0.25) is 0 Å². The SMILES string of the molecule is CCCCN(C)C(=NC)NCCC(C)c1ccc(OC)cc1. The topological polar surface area (TPSA) is 36.9 Å². The molecule has 0 amide bonds. The summed E-state index contributed by atoms with van der Waals surface area (Å²) in [6, 6.07) is 8.34. The van der Waals surface area contributed by atoms with Gasteiger partial charge < -0.3 is 15.0 Å². The van der Waals surface area contributed by atoms with Gasteiger partial charge in [-0.1, -0.05) is 32.4 Å². The molecule has 0 aromatic heterocycles. The molecule has 4 nitrogen and oxygen atoms in total. The summed E-state index contributed by atoms with van der Waals surface area (Å²) in [6.45, 7) is 6.44. The summed E-state index contributed by atoms with van der Waals surface area (Å²) in [5, 5.41) is 3.45. The second kappa shape index (κ2) is 10.1. The Labute approximate surface area is 135 Å². The Bertz CT molecular complexity index is 442. The minimum Gasteiger partial charge on any atom is -0.497 e. The van der Waals surface area contributed by atoms with Gasteiger partial charge >= 0.3 is 0 Å². The van der Waals surface area contributed by atoms with E-state index in [0.29, 0.717) is 5.92 Å². The molecule has 1 rings (SSSR count). The van der Waals surface area contributed by atoms with Gasteiger partial charge in [0.15, 0.2) is 5.96 Å². The number of hydrogen-bond donors (Lipinski definition) is 1. The number of methoxy groups -OCH3 is 1. The Balaban J connectivity index is 2.40. The monoisotopic (exact) mass is 305 g/mol. The van der Waals surface area contributed by atoms with E-state index in [0.717, 1.165) is 31.2 Å². The van der Waals surface area contributed by atoms with Gasteiger partial charge in [0.1, 0.15) is 5.75 Å². The quantitative estimate of drug-likeness (QED) is 0.590. The lowest BCUT2D eigenvalue weighted by Gasteiger charge is -2.22. The molecule has 1 atom stereocenters. The lowest BCUT2D eigenvalue weighted by Crippen LogP contribution is -2.40. The molecule has 1 aromatic rings. The zero-order valence-corrected chi connectivity index (χ0v) is 14.7. The molecule has 0 saturated carbocycles. The predicted molar refractivity (Wildman–Crippen MR) is 94.9 cm³/mol. The van der Waals surface area contributed by atoms with Crippen LogP contribution in [0, 0.1) is 0 Å². The molecule has 0 aliphatic carbocycles. The van der Waals surface area contributed by atoms with Crippen LogP contribution >= 0.6 is 0 Å². The number of aliphatic imine (C=N–C) groups is 1. The number of rotatable bonds is 8. The lowest BCUT2D eigenvalue weighted by molar-refractivity contribution is 0.414. The molecular weight excluding hydrogens is 274 g/mol. The van der Waals surface area contributed by atoms with Crippen molar-refractivity contribution < 1.29 is 4.74 Å². The smallest absolute Gasteiger partial charge is 0.193 e. The van der Waals surface area contributed by atoms with Gasteiger partial charge in [-0.2, -0.15) is 0 Å². The molecule has 0 saturated heterocycles. The van der Waals surface area contributed by atoms with E-state index in [1.807, 2.05) is 19.2 Å². The molecule has 1 unspecified atom stereocenters. The number of hydrogen-bond acceptors (Lipinski definition) is 2. The van der Waals surface area contributed by atoms with Gasteiger partial charge in [0.25, 0.3) is 0 Å². The second-order valence-corrected chi connectivity index (χ2v) is 5.71.